The van der Waals surface area contributed by atoms with Crippen molar-refractivity contribution < 1.29 is 9.59 Å². The number of para-hydroxylation sites is 2. The molecule has 0 spiro atoms. The lowest BCUT2D eigenvalue weighted by atomic mass is 9.95. The van der Waals surface area contributed by atoms with Crippen molar-refractivity contribution in [1.82, 2.24) is 5.32 Å². The van der Waals surface area contributed by atoms with Gasteiger partial charge in [0.2, 0.25) is 11.8 Å². The van der Waals surface area contributed by atoms with Gasteiger partial charge < -0.3 is 16.0 Å². The van der Waals surface area contributed by atoms with Gasteiger partial charge in [0.05, 0.1) is 11.4 Å². The van der Waals surface area contributed by atoms with Crippen molar-refractivity contribution in [3.63, 3.8) is 0 Å². The molecule has 0 saturated carbocycles. The molecule has 5 heteroatoms. The number of benzene rings is 1. The van der Waals surface area contributed by atoms with E-state index in [0.29, 0.717) is 6.54 Å². The molecular weight excluding hydrogens is 242 g/mol. The summed E-state index contributed by atoms with van der Waals surface area (Å²) in [5.74, 6) is -0.338. The fraction of sp³-hybridized carbons (Fsp3) is 0.429. The van der Waals surface area contributed by atoms with E-state index in [-0.39, 0.29) is 11.8 Å². The third kappa shape index (κ3) is 3.05. The van der Waals surface area contributed by atoms with Crippen molar-refractivity contribution in [2.75, 3.05) is 17.2 Å². The predicted octanol–water partition coefficient (Wildman–Crippen LogP) is 1.58. The summed E-state index contributed by atoms with van der Waals surface area (Å²) in [6.07, 6.45) is 0. The van der Waals surface area contributed by atoms with Gasteiger partial charge in [-0.05, 0) is 12.1 Å². The summed E-state index contributed by atoms with van der Waals surface area (Å²) in [6.45, 7) is 5.84. The van der Waals surface area contributed by atoms with Crippen LogP contribution in [0.1, 0.15) is 20.8 Å². The SMILES string of the molecule is CC(C)(C)C(=O)N[C@@H]1CNc2ccccc2NC1=O. The Bertz CT molecular complexity index is 506. The van der Waals surface area contributed by atoms with Crippen molar-refractivity contribution in [3.8, 4) is 0 Å². The molecule has 0 unspecified atom stereocenters. The Morgan fingerprint density at radius 1 is 1.26 bits per heavy atom. The standard InChI is InChI=1S/C14H19N3O2/c1-14(2,3)13(19)17-11-8-15-9-6-4-5-7-10(9)16-12(11)18/h4-7,11,15H,8H2,1-3H3,(H,16,18)(H,17,19)/t11-/m1/s1. The Hall–Kier alpha value is -2.04. The zero-order chi connectivity index (χ0) is 14.0. The van der Waals surface area contributed by atoms with Crippen LogP contribution >= 0.6 is 0 Å². The number of fused-ring (bicyclic) bond motifs is 1. The summed E-state index contributed by atoms with van der Waals surface area (Å²) in [5, 5.41) is 8.75. The van der Waals surface area contributed by atoms with Crippen LogP contribution in [0.5, 0.6) is 0 Å². The number of carbonyl (C=O) groups excluding carboxylic acids is 2. The minimum absolute atomic E-state index is 0.139. The normalized spacial score (nSPS) is 18.7. The first kappa shape index (κ1) is 13.4. The average Bonchev–Trinajstić information content (AvgIpc) is 2.48. The van der Waals surface area contributed by atoms with Gasteiger partial charge in [0.1, 0.15) is 6.04 Å². The second kappa shape index (κ2) is 4.91. The van der Waals surface area contributed by atoms with Crippen LogP contribution in [-0.2, 0) is 9.59 Å². The Kier molecular flexibility index (Phi) is 3.46. The molecule has 1 aliphatic rings. The first-order chi connectivity index (χ1) is 8.88. The summed E-state index contributed by atoms with van der Waals surface area (Å²) in [5.41, 5.74) is 1.09. The Morgan fingerprint density at radius 3 is 2.53 bits per heavy atom. The summed E-state index contributed by atoms with van der Waals surface area (Å²) in [6, 6.07) is 6.90. The molecule has 1 aliphatic heterocycles. The largest absolute Gasteiger partial charge is 0.381 e. The fourth-order valence-electron chi connectivity index (χ4n) is 1.76. The third-order valence-electron chi connectivity index (χ3n) is 2.98. The molecule has 102 valence electrons. The molecule has 5 nitrogen and oxygen atoms in total. The Balaban J connectivity index is 2.11. The quantitative estimate of drug-likeness (QED) is 0.719. The molecule has 0 saturated heterocycles. The second-order valence-corrected chi connectivity index (χ2v) is 5.69. The number of anilines is 2. The number of hydrogen-bond acceptors (Lipinski definition) is 3. The van der Waals surface area contributed by atoms with Gasteiger partial charge in [0.15, 0.2) is 0 Å². The van der Waals surface area contributed by atoms with Gasteiger partial charge in [-0.1, -0.05) is 32.9 Å². The van der Waals surface area contributed by atoms with Gasteiger partial charge in [0, 0.05) is 12.0 Å². The average molecular weight is 261 g/mol. The summed E-state index contributed by atoms with van der Waals surface area (Å²) in [7, 11) is 0. The highest BCUT2D eigenvalue weighted by atomic mass is 16.2. The summed E-state index contributed by atoms with van der Waals surface area (Å²) in [4.78, 5) is 24.0. The molecule has 0 radical (unpaired) electrons. The lowest BCUT2D eigenvalue weighted by molar-refractivity contribution is -0.131. The number of amides is 2. The van der Waals surface area contributed by atoms with Crippen molar-refractivity contribution in [1.29, 1.82) is 0 Å². The van der Waals surface area contributed by atoms with Gasteiger partial charge in [-0.3, -0.25) is 9.59 Å². The molecule has 2 amide bonds. The van der Waals surface area contributed by atoms with Gasteiger partial charge in [0.25, 0.3) is 0 Å². The van der Waals surface area contributed by atoms with E-state index < -0.39 is 11.5 Å². The van der Waals surface area contributed by atoms with E-state index in [1.165, 1.54) is 0 Å². The summed E-state index contributed by atoms with van der Waals surface area (Å²) < 4.78 is 0. The molecule has 1 aromatic rings. The van der Waals surface area contributed by atoms with Crippen molar-refractivity contribution >= 4 is 23.2 Å². The minimum Gasteiger partial charge on any atom is -0.381 e. The number of hydrogen-bond donors (Lipinski definition) is 3. The molecule has 19 heavy (non-hydrogen) atoms. The maximum absolute atomic E-state index is 12.1. The molecule has 0 aromatic heterocycles. The molecule has 0 fully saturated rings. The molecule has 1 heterocycles. The smallest absolute Gasteiger partial charge is 0.248 e. The van der Waals surface area contributed by atoms with Crippen LogP contribution in [0.3, 0.4) is 0 Å². The third-order valence-corrected chi connectivity index (χ3v) is 2.98. The first-order valence-electron chi connectivity index (χ1n) is 6.32. The monoisotopic (exact) mass is 261 g/mol. The van der Waals surface area contributed by atoms with Crippen molar-refractivity contribution in [3.05, 3.63) is 24.3 Å². The van der Waals surface area contributed by atoms with Gasteiger partial charge in [-0.15, -0.1) is 0 Å². The van der Waals surface area contributed by atoms with Crippen LogP contribution in [0.4, 0.5) is 11.4 Å². The van der Waals surface area contributed by atoms with Gasteiger partial charge in [-0.25, -0.2) is 0 Å². The van der Waals surface area contributed by atoms with Crippen LogP contribution in [0.15, 0.2) is 24.3 Å². The predicted molar refractivity (Wildman–Crippen MR) is 74.9 cm³/mol. The van der Waals surface area contributed by atoms with E-state index in [4.69, 9.17) is 0 Å². The highest BCUT2D eigenvalue weighted by molar-refractivity contribution is 6.01. The van der Waals surface area contributed by atoms with E-state index >= 15 is 0 Å². The number of nitrogens with one attached hydrogen (secondary N) is 3. The maximum atomic E-state index is 12.1. The molecule has 3 N–H and O–H groups in total. The topological polar surface area (TPSA) is 70.2 Å². The van der Waals surface area contributed by atoms with E-state index in [1.54, 1.807) is 0 Å². The zero-order valence-electron chi connectivity index (χ0n) is 11.4. The van der Waals surface area contributed by atoms with E-state index in [9.17, 15) is 9.59 Å². The van der Waals surface area contributed by atoms with Gasteiger partial charge in [-0.2, -0.15) is 0 Å². The molecule has 2 rings (SSSR count). The fourth-order valence-corrected chi connectivity index (χ4v) is 1.76. The minimum atomic E-state index is -0.570. The number of rotatable bonds is 1. The number of carbonyl (C=O) groups is 2. The van der Waals surface area contributed by atoms with Crippen LogP contribution in [0.25, 0.3) is 0 Å². The Labute approximate surface area is 112 Å². The van der Waals surface area contributed by atoms with E-state index in [1.807, 2.05) is 45.0 Å². The molecule has 0 bridgehead atoms. The van der Waals surface area contributed by atoms with E-state index in [0.717, 1.165) is 11.4 Å². The second-order valence-electron chi connectivity index (χ2n) is 5.69. The maximum Gasteiger partial charge on any atom is 0.248 e. The first-order valence-corrected chi connectivity index (χ1v) is 6.32. The highest BCUT2D eigenvalue weighted by Crippen LogP contribution is 2.23. The lowest BCUT2D eigenvalue weighted by Crippen LogP contribution is -2.50. The van der Waals surface area contributed by atoms with Gasteiger partial charge >= 0.3 is 0 Å². The molecule has 1 aromatic carbocycles. The molecule has 1 atom stereocenters. The zero-order valence-corrected chi connectivity index (χ0v) is 11.4. The van der Waals surface area contributed by atoms with Crippen LogP contribution in [0, 0.1) is 5.41 Å². The molecular formula is C14H19N3O2. The van der Waals surface area contributed by atoms with Crippen LogP contribution in [-0.4, -0.2) is 24.4 Å². The Morgan fingerprint density at radius 2 is 1.89 bits per heavy atom. The van der Waals surface area contributed by atoms with Crippen LogP contribution < -0.4 is 16.0 Å². The lowest BCUT2D eigenvalue weighted by Gasteiger charge is -2.22. The van der Waals surface area contributed by atoms with Crippen molar-refractivity contribution in [2.24, 2.45) is 5.41 Å². The van der Waals surface area contributed by atoms with Crippen molar-refractivity contribution in [2.45, 2.75) is 26.8 Å². The molecule has 0 aliphatic carbocycles. The summed E-state index contributed by atoms with van der Waals surface area (Å²) >= 11 is 0. The van der Waals surface area contributed by atoms with E-state index in [2.05, 4.69) is 16.0 Å². The highest BCUT2D eigenvalue weighted by Gasteiger charge is 2.29. The van der Waals surface area contributed by atoms with Crippen LogP contribution in [0.2, 0.25) is 0 Å².